The van der Waals surface area contributed by atoms with Gasteiger partial charge in [0.1, 0.15) is 10.0 Å². The minimum Gasteiger partial charge on any atom is -0.466 e. The van der Waals surface area contributed by atoms with Gasteiger partial charge in [-0.2, -0.15) is 0 Å². The molecule has 1 heterocycles. The number of sulfonamides is 1. The first-order valence-electron chi connectivity index (χ1n) is 5.62. The van der Waals surface area contributed by atoms with Gasteiger partial charge in [-0.05, 0) is 19.1 Å². The normalized spacial score (nSPS) is 11.6. The highest BCUT2D eigenvalue weighted by atomic mass is 35.5. The summed E-state index contributed by atoms with van der Waals surface area (Å²) in [5.74, 6) is -0.443. The number of nitrogens with zero attached hydrogens (tertiary/aromatic N) is 2. The van der Waals surface area contributed by atoms with E-state index in [0.29, 0.717) is 0 Å². The van der Waals surface area contributed by atoms with E-state index in [4.69, 9.17) is 16.3 Å². The van der Waals surface area contributed by atoms with E-state index in [-0.39, 0.29) is 29.6 Å². The second-order valence-corrected chi connectivity index (χ2v) is 6.05. The van der Waals surface area contributed by atoms with Gasteiger partial charge in [-0.15, -0.1) is 0 Å². The summed E-state index contributed by atoms with van der Waals surface area (Å²) in [6.45, 7) is 1.98. The zero-order valence-corrected chi connectivity index (χ0v) is 12.2. The SMILES string of the molecule is CCOC(=O)CCN(C)S(=O)(=O)c1cccnc1Cl. The third-order valence-corrected chi connectivity index (χ3v) is 4.65. The van der Waals surface area contributed by atoms with Gasteiger partial charge in [0.25, 0.3) is 0 Å². The summed E-state index contributed by atoms with van der Waals surface area (Å²) in [6, 6.07) is 2.85. The molecule has 0 saturated heterocycles. The predicted molar refractivity (Wildman–Crippen MR) is 70.3 cm³/mol. The fourth-order valence-corrected chi connectivity index (χ4v) is 2.93. The number of aromatic nitrogens is 1. The Bertz CT molecular complexity index is 547. The summed E-state index contributed by atoms with van der Waals surface area (Å²) < 4.78 is 30.1. The molecule has 0 atom stereocenters. The van der Waals surface area contributed by atoms with Crippen LogP contribution in [-0.4, -0.2) is 43.9 Å². The summed E-state index contributed by atoms with van der Waals surface area (Å²) in [5.41, 5.74) is 0. The molecule has 8 heteroatoms. The van der Waals surface area contributed by atoms with Crippen LogP contribution < -0.4 is 0 Å². The average molecular weight is 307 g/mol. The van der Waals surface area contributed by atoms with Crippen LogP contribution in [0.5, 0.6) is 0 Å². The first-order chi connectivity index (χ1) is 8.89. The van der Waals surface area contributed by atoms with Crippen molar-refractivity contribution >= 4 is 27.6 Å². The van der Waals surface area contributed by atoms with Gasteiger partial charge in [0.2, 0.25) is 10.0 Å². The average Bonchev–Trinajstić information content (AvgIpc) is 2.36. The van der Waals surface area contributed by atoms with Crippen LogP contribution >= 0.6 is 11.6 Å². The van der Waals surface area contributed by atoms with Gasteiger partial charge in [0.15, 0.2) is 0 Å². The molecule has 0 bridgehead atoms. The van der Waals surface area contributed by atoms with Crippen molar-refractivity contribution in [2.45, 2.75) is 18.2 Å². The van der Waals surface area contributed by atoms with Crippen LogP contribution in [0.25, 0.3) is 0 Å². The number of carbonyl (C=O) groups is 1. The second kappa shape index (κ2) is 6.83. The molecule has 0 aliphatic heterocycles. The zero-order valence-electron chi connectivity index (χ0n) is 10.7. The Balaban J connectivity index is 2.78. The lowest BCUT2D eigenvalue weighted by atomic mass is 10.4. The smallest absolute Gasteiger partial charge is 0.307 e. The van der Waals surface area contributed by atoms with Crippen molar-refractivity contribution < 1.29 is 17.9 Å². The Morgan fingerprint density at radius 1 is 1.53 bits per heavy atom. The maximum absolute atomic E-state index is 12.2. The van der Waals surface area contributed by atoms with E-state index < -0.39 is 16.0 Å². The molecule has 0 aliphatic carbocycles. The Morgan fingerprint density at radius 3 is 2.79 bits per heavy atom. The van der Waals surface area contributed by atoms with Crippen LogP contribution in [0.2, 0.25) is 5.15 Å². The van der Waals surface area contributed by atoms with Crippen LogP contribution in [0, 0.1) is 0 Å². The highest BCUT2D eigenvalue weighted by molar-refractivity contribution is 7.89. The number of esters is 1. The Morgan fingerprint density at radius 2 is 2.21 bits per heavy atom. The largest absolute Gasteiger partial charge is 0.466 e. The molecule has 0 unspecified atom stereocenters. The van der Waals surface area contributed by atoms with Crippen molar-refractivity contribution in [2.75, 3.05) is 20.2 Å². The summed E-state index contributed by atoms with van der Waals surface area (Å²) in [5, 5.41) is -0.0921. The molecular formula is C11H15ClN2O4S. The predicted octanol–water partition coefficient (Wildman–Crippen LogP) is 1.31. The molecule has 0 fully saturated rings. The monoisotopic (exact) mass is 306 g/mol. The lowest BCUT2D eigenvalue weighted by molar-refractivity contribution is -0.143. The van der Waals surface area contributed by atoms with Gasteiger partial charge in [0, 0.05) is 19.8 Å². The molecule has 0 saturated carbocycles. The molecule has 0 N–H and O–H groups in total. The number of halogens is 1. The second-order valence-electron chi connectivity index (χ2n) is 3.67. The van der Waals surface area contributed by atoms with E-state index in [1.54, 1.807) is 6.92 Å². The molecule has 19 heavy (non-hydrogen) atoms. The van der Waals surface area contributed by atoms with E-state index >= 15 is 0 Å². The maximum atomic E-state index is 12.2. The number of pyridine rings is 1. The van der Waals surface area contributed by atoms with Gasteiger partial charge >= 0.3 is 5.97 Å². The van der Waals surface area contributed by atoms with Crippen LogP contribution in [0.3, 0.4) is 0 Å². The van der Waals surface area contributed by atoms with E-state index in [0.717, 1.165) is 4.31 Å². The van der Waals surface area contributed by atoms with Crippen LogP contribution in [-0.2, 0) is 19.6 Å². The van der Waals surface area contributed by atoms with Gasteiger partial charge in [-0.1, -0.05) is 11.6 Å². The van der Waals surface area contributed by atoms with Crippen molar-refractivity contribution in [3.63, 3.8) is 0 Å². The maximum Gasteiger partial charge on any atom is 0.307 e. The van der Waals surface area contributed by atoms with E-state index in [1.807, 2.05) is 0 Å². The number of hydrogen-bond donors (Lipinski definition) is 0. The first kappa shape index (κ1) is 15.9. The number of rotatable bonds is 6. The number of hydrogen-bond acceptors (Lipinski definition) is 5. The first-order valence-corrected chi connectivity index (χ1v) is 7.44. The minimum atomic E-state index is -3.75. The van der Waals surface area contributed by atoms with Crippen LogP contribution in [0.4, 0.5) is 0 Å². The minimum absolute atomic E-state index is 0.0124. The Kier molecular flexibility index (Phi) is 5.71. The Labute approximate surface area is 117 Å². The highest BCUT2D eigenvalue weighted by Gasteiger charge is 2.24. The van der Waals surface area contributed by atoms with Crippen molar-refractivity contribution in [3.8, 4) is 0 Å². The molecule has 1 aromatic rings. The van der Waals surface area contributed by atoms with Crippen LogP contribution in [0.15, 0.2) is 23.2 Å². The van der Waals surface area contributed by atoms with Gasteiger partial charge in [-0.3, -0.25) is 4.79 Å². The quantitative estimate of drug-likeness (QED) is 0.585. The highest BCUT2D eigenvalue weighted by Crippen LogP contribution is 2.21. The summed E-state index contributed by atoms with van der Waals surface area (Å²) >= 11 is 5.76. The number of ether oxygens (including phenoxy) is 1. The standard InChI is InChI=1S/C11H15ClN2O4S/c1-3-18-10(15)6-8-14(2)19(16,17)9-5-4-7-13-11(9)12/h4-5,7H,3,6,8H2,1-2H3. The summed E-state index contributed by atoms with van der Waals surface area (Å²) in [6.07, 6.45) is 1.39. The van der Waals surface area contributed by atoms with E-state index in [1.165, 1.54) is 25.4 Å². The fourth-order valence-electron chi connectivity index (χ4n) is 1.33. The molecule has 6 nitrogen and oxygen atoms in total. The molecule has 0 aliphatic rings. The summed E-state index contributed by atoms with van der Waals surface area (Å²) in [7, 11) is -2.38. The van der Waals surface area contributed by atoms with E-state index in [9.17, 15) is 13.2 Å². The lowest BCUT2D eigenvalue weighted by Crippen LogP contribution is -2.30. The molecule has 1 aromatic heterocycles. The number of carbonyl (C=O) groups excluding carboxylic acids is 1. The molecule has 0 spiro atoms. The third kappa shape index (κ3) is 4.15. The Hall–Kier alpha value is -1.18. The van der Waals surface area contributed by atoms with Crippen molar-refractivity contribution in [1.82, 2.24) is 9.29 Å². The molecule has 0 radical (unpaired) electrons. The summed E-state index contributed by atoms with van der Waals surface area (Å²) in [4.78, 5) is 14.8. The van der Waals surface area contributed by atoms with E-state index in [2.05, 4.69) is 4.98 Å². The van der Waals surface area contributed by atoms with Gasteiger partial charge in [0.05, 0.1) is 13.0 Å². The molecule has 0 aromatic carbocycles. The van der Waals surface area contributed by atoms with Crippen molar-refractivity contribution in [2.24, 2.45) is 0 Å². The molecular weight excluding hydrogens is 292 g/mol. The molecule has 106 valence electrons. The zero-order chi connectivity index (χ0) is 14.5. The third-order valence-electron chi connectivity index (χ3n) is 2.35. The van der Waals surface area contributed by atoms with Gasteiger partial charge < -0.3 is 4.74 Å². The van der Waals surface area contributed by atoms with Crippen molar-refractivity contribution in [3.05, 3.63) is 23.5 Å². The van der Waals surface area contributed by atoms with Gasteiger partial charge in [-0.25, -0.2) is 17.7 Å². The molecule has 1 rings (SSSR count). The molecule has 0 amide bonds. The topological polar surface area (TPSA) is 76.6 Å². The lowest BCUT2D eigenvalue weighted by Gasteiger charge is -2.17. The van der Waals surface area contributed by atoms with Crippen LogP contribution in [0.1, 0.15) is 13.3 Å². The fraction of sp³-hybridized carbons (Fsp3) is 0.455. The van der Waals surface area contributed by atoms with Crippen molar-refractivity contribution in [1.29, 1.82) is 0 Å².